The normalized spacial score (nSPS) is 28.1. The summed E-state index contributed by atoms with van der Waals surface area (Å²) in [5.74, 6) is 0.538. The number of amides is 1. The molecule has 2 heterocycles. The van der Waals surface area contributed by atoms with Crippen molar-refractivity contribution in [3.8, 4) is 0 Å². The van der Waals surface area contributed by atoms with Gasteiger partial charge in [0.15, 0.2) is 0 Å². The van der Waals surface area contributed by atoms with Crippen LogP contribution in [0.1, 0.15) is 19.8 Å². The average molecular weight is 256 g/mol. The molecule has 0 aromatic carbocycles. The number of hydrogen-bond donors (Lipinski definition) is 1. The van der Waals surface area contributed by atoms with Crippen molar-refractivity contribution in [2.24, 2.45) is 5.92 Å². The van der Waals surface area contributed by atoms with Gasteiger partial charge in [0.2, 0.25) is 5.91 Å². The molecular formula is C13H24N2O3. The zero-order chi connectivity index (χ0) is 13.0. The van der Waals surface area contributed by atoms with Gasteiger partial charge in [0.05, 0.1) is 19.3 Å². The summed E-state index contributed by atoms with van der Waals surface area (Å²) in [5, 5.41) is 9.24. The van der Waals surface area contributed by atoms with Gasteiger partial charge in [0, 0.05) is 26.2 Å². The van der Waals surface area contributed by atoms with Gasteiger partial charge in [0.1, 0.15) is 0 Å². The first kappa shape index (κ1) is 13.8. The number of nitrogens with zero attached hydrogens (tertiary/aromatic N) is 2. The second kappa shape index (κ2) is 6.50. The van der Waals surface area contributed by atoms with E-state index in [1.165, 1.54) is 0 Å². The Kier molecular flexibility index (Phi) is 4.97. The Hall–Kier alpha value is -0.650. The highest BCUT2D eigenvalue weighted by Gasteiger charge is 2.30. The maximum absolute atomic E-state index is 12.4. The summed E-state index contributed by atoms with van der Waals surface area (Å²) < 4.78 is 5.27. The maximum Gasteiger partial charge on any atom is 0.239 e. The molecule has 0 aromatic rings. The van der Waals surface area contributed by atoms with Crippen LogP contribution in [0.25, 0.3) is 0 Å². The highest BCUT2D eigenvalue weighted by molar-refractivity contribution is 5.81. The molecule has 0 aromatic heterocycles. The molecule has 5 heteroatoms. The van der Waals surface area contributed by atoms with Crippen molar-refractivity contribution in [1.29, 1.82) is 0 Å². The Labute approximate surface area is 109 Å². The van der Waals surface area contributed by atoms with Gasteiger partial charge in [-0.15, -0.1) is 0 Å². The number of morpholine rings is 1. The van der Waals surface area contributed by atoms with Crippen LogP contribution in [0.5, 0.6) is 0 Å². The molecular weight excluding hydrogens is 232 g/mol. The lowest BCUT2D eigenvalue weighted by Gasteiger charge is -2.38. The third kappa shape index (κ3) is 3.22. The first-order valence-corrected chi connectivity index (χ1v) is 6.94. The van der Waals surface area contributed by atoms with E-state index in [9.17, 15) is 9.90 Å². The lowest BCUT2D eigenvalue weighted by Crippen LogP contribution is -2.53. The smallest absolute Gasteiger partial charge is 0.239 e. The molecule has 5 nitrogen and oxygen atoms in total. The highest BCUT2D eigenvalue weighted by Crippen LogP contribution is 2.19. The van der Waals surface area contributed by atoms with Crippen molar-refractivity contribution in [2.75, 3.05) is 46.0 Å². The molecule has 104 valence electrons. The summed E-state index contributed by atoms with van der Waals surface area (Å²) in [6.07, 6.45) is 2.15. The molecule has 0 saturated carbocycles. The number of piperidine rings is 1. The molecule has 1 N–H and O–H groups in total. The summed E-state index contributed by atoms with van der Waals surface area (Å²) >= 11 is 0. The third-order valence-corrected chi connectivity index (χ3v) is 4.04. The molecule has 1 amide bonds. The zero-order valence-corrected chi connectivity index (χ0v) is 11.2. The predicted octanol–water partition coefficient (Wildman–Crippen LogP) is -0.0620. The van der Waals surface area contributed by atoms with Crippen molar-refractivity contribution in [3.63, 3.8) is 0 Å². The fraction of sp³-hybridized carbons (Fsp3) is 0.923. The Balaban J connectivity index is 1.88. The van der Waals surface area contributed by atoms with Crippen LogP contribution in [0.3, 0.4) is 0 Å². The monoisotopic (exact) mass is 256 g/mol. The standard InChI is InChI=1S/C13H24N2O3/c1-11(13(17)14-5-7-18-8-6-14)15-4-2-3-12(9-15)10-16/h11-12,16H,2-10H2,1H3. The van der Waals surface area contributed by atoms with Crippen molar-refractivity contribution in [1.82, 2.24) is 9.80 Å². The summed E-state index contributed by atoms with van der Waals surface area (Å²) in [6, 6.07) is -0.0718. The van der Waals surface area contributed by atoms with Crippen LogP contribution in [0.2, 0.25) is 0 Å². The fourth-order valence-corrected chi connectivity index (χ4v) is 2.80. The zero-order valence-electron chi connectivity index (χ0n) is 11.2. The number of carbonyl (C=O) groups excluding carboxylic acids is 1. The van der Waals surface area contributed by atoms with E-state index in [0.717, 1.165) is 25.9 Å². The quantitative estimate of drug-likeness (QED) is 0.768. The van der Waals surface area contributed by atoms with E-state index in [0.29, 0.717) is 32.2 Å². The van der Waals surface area contributed by atoms with E-state index < -0.39 is 0 Å². The molecule has 2 rings (SSSR count). The van der Waals surface area contributed by atoms with E-state index in [1.807, 2.05) is 11.8 Å². The minimum atomic E-state index is -0.0718. The molecule has 2 saturated heterocycles. The average Bonchev–Trinajstić information content (AvgIpc) is 2.46. The molecule has 0 aliphatic carbocycles. The van der Waals surface area contributed by atoms with Crippen LogP contribution in [-0.4, -0.2) is 72.9 Å². The van der Waals surface area contributed by atoms with Gasteiger partial charge < -0.3 is 14.7 Å². The van der Waals surface area contributed by atoms with Gasteiger partial charge in [-0.25, -0.2) is 0 Å². The van der Waals surface area contributed by atoms with Gasteiger partial charge in [-0.2, -0.15) is 0 Å². The number of ether oxygens (including phenoxy) is 1. The first-order valence-electron chi connectivity index (χ1n) is 6.94. The number of aliphatic hydroxyl groups excluding tert-OH is 1. The second-order valence-electron chi connectivity index (χ2n) is 5.30. The third-order valence-electron chi connectivity index (χ3n) is 4.04. The van der Waals surface area contributed by atoms with Gasteiger partial charge >= 0.3 is 0 Å². The topological polar surface area (TPSA) is 53.0 Å². The van der Waals surface area contributed by atoms with Crippen LogP contribution < -0.4 is 0 Å². The van der Waals surface area contributed by atoms with E-state index in [4.69, 9.17) is 4.74 Å². The highest BCUT2D eigenvalue weighted by atomic mass is 16.5. The maximum atomic E-state index is 12.4. The SMILES string of the molecule is CC(C(=O)N1CCOCC1)N1CCCC(CO)C1. The lowest BCUT2D eigenvalue weighted by molar-refractivity contribution is -0.141. The van der Waals surface area contributed by atoms with Gasteiger partial charge in [-0.3, -0.25) is 9.69 Å². The minimum absolute atomic E-state index is 0.0718. The summed E-state index contributed by atoms with van der Waals surface area (Å²) in [5.41, 5.74) is 0. The number of aliphatic hydroxyl groups is 1. The van der Waals surface area contributed by atoms with Gasteiger partial charge in [0.25, 0.3) is 0 Å². The van der Waals surface area contributed by atoms with Crippen LogP contribution in [-0.2, 0) is 9.53 Å². The molecule has 0 spiro atoms. The van der Waals surface area contributed by atoms with Crippen molar-refractivity contribution >= 4 is 5.91 Å². The number of rotatable bonds is 3. The molecule has 0 radical (unpaired) electrons. The summed E-state index contributed by atoms with van der Waals surface area (Å²) in [7, 11) is 0. The molecule has 2 aliphatic heterocycles. The Morgan fingerprint density at radius 2 is 2.11 bits per heavy atom. The lowest BCUT2D eigenvalue weighted by atomic mass is 9.97. The second-order valence-corrected chi connectivity index (χ2v) is 5.30. The van der Waals surface area contributed by atoms with E-state index in [2.05, 4.69) is 4.90 Å². The Bertz CT molecular complexity index is 279. The Morgan fingerprint density at radius 3 is 2.78 bits per heavy atom. The van der Waals surface area contributed by atoms with Gasteiger partial charge in [-0.05, 0) is 32.2 Å². The molecule has 2 atom stereocenters. The summed E-state index contributed by atoms with van der Waals surface area (Å²) in [4.78, 5) is 16.5. The van der Waals surface area contributed by atoms with Crippen molar-refractivity contribution < 1.29 is 14.6 Å². The predicted molar refractivity (Wildman–Crippen MR) is 68.2 cm³/mol. The largest absolute Gasteiger partial charge is 0.396 e. The number of hydrogen-bond acceptors (Lipinski definition) is 4. The van der Waals surface area contributed by atoms with Crippen LogP contribution in [0, 0.1) is 5.92 Å². The summed E-state index contributed by atoms with van der Waals surface area (Å²) in [6.45, 7) is 6.74. The van der Waals surface area contributed by atoms with E-state index in [-0.39, 0.29) is 18.6 Å². The molecule has 2 unspecified atom stereocenters. The molecule has 0 bridgehead atoms. The molecule has 18 heavy (non-hydrogen) atoms. The van der Waals surface area contributed by atoms with E-state index >= 15 is 0 Å². The van der Waals surface area contributed by atoms with Crippen molar-refractivity contribution in [2.45, 2.75) is 25.8 Å². The molecule has 2 aliphatic rings. The minimum Gasteiger partial charge on any atom is -0.396 e. The van der Waals surface area contributed by atoms with E-state index in [1.54, 1.807) is 0 Å². The van der Waals surface area contributed by atoms with Crippen molar-refractivity contribution in [3.05, 3.63) is 0 Å². The Morgan fingerprint density at radius 1 is 1.39 bits per heavy atom. The molecule has 2 fully saturated rings. The number of likely N-dealkylation sites (tertiary alicyclic amines) is 1. The van der Waals surface area contributed by atoms with Crippen LogP contribution >= 0.6 is 0 Å². The number of carbonyl (C=O) groups is 1. The fourth-order valence-electron chi connectivity index (χ4n) is 2.80. The van der Waals surface area contributed by atoms with Gasteiger partial charge in [-0.1, -0.05) is 0 Å². The van der Waals surface area contributed by atoms with Crippen LogP contribution in [0.4, 0.5) is 0 Å². The first-order chi connectivity index (χ1) is 8.72. The van der Waals surface area contributed by atoms with Crippen LogP contribution in [0.15, 0.2) is 0 Å².